The number of nitrogens with zero attached hydrogens (tertiary/aromatic N) is 2. The second kappa shape index (κ2) is 9.36. The SMILES string of the molecule is CCc1cccc(C)c1NC(=O)CSc1nc2ccccc2c(=O)n1-c1ccc(F)cc1. The minimum Gasteiger partial charge on any atom is -0.325 e. The summed E-state index contributed by atoms with van der Waals surface area (Å²) in [5.41, 5.74) is 3.65. The lowest BCUT2D eigenvalue weighted by atomic mass is 10.1. The van der Waals surface area contributed by atoms with Gasteiger partial charge in [0.05, 0.1) is 22.3 Å². The van der Waals surface area contributed by atoms with Crippen LogP contribution in [0.5, 0.6) is 0 Å². The second-order valence-corrected chi connectivity index (χ2v) is 8.27. The van der Waals surface area contributed by atoms with Crippen LogP contribution in [0, 0.1) is 12.7 Å². The standard InChI is InChI=1S/C25H22FN3O2S/c1-3-17-8-6-7-16(2)23(17)28-22(30)15-32-25-27-21-10-5-4-9-20(21)24(31)29(25)19-13-11-18(26)12-14-19/h4-14H,3,15H2,1-2H3,(H,28,30). The molecule has 1 amide bonds. The Morgan fingerprint density at radius 2 is 1.81 bits per heavy atom. The van der Waals surface area contributed by atoms with Crippen molar-refractivity contribution >= 4 is 34.3 Å². The molecule has 32 heavy (non-hydrogen) atoms. The first-order valence-electron chi connectivity index (χ1n) is 10.3. The summed E-state index contributed by atoms with van der Waals surface area (Å²) in [4.78, 5) is 30.6. The molecule has 3 aromatic carbocycles. The maximum Gasteiger partial charge on any atom is 0.266 e. The number of nitrogens with one attached hydrogen (secondary N) is 1. The van der Waals surface area contributed by atoms with E-state index in [1.165, 1.54) is 40.6 Å². The molecule has 0 aliphatic carbocycles. The number of anilines is 1. The maximum atomic E-state index is 13.5. The molecule has 1 aromatic heterocycles. The van der Waals surface area contributed by atoms with Gasteiger partial charge in [-0.05, 0) is 60.9 Å². The number of para-hydroxylation sites is 2. The second-order valence-electron chi connectivity index (χ2n) is 7.33. The number of hydrogen-bond donors (Lipinski definition) is 1. The zero-order valence-electron chi connectivity index (χ0n) is 17.8. The molecule has 0 saturated heterocycles. The van der Waals surface area contributed by atoms with Gasteiger partial charge in [-0.1, -0.05) is 49.0 Å². The molecule has 0 spiro atoms. The lowest BCUT2D eigenvalue weighted by molar-refractivity contribution is -0.113. The van der Waals surface area contributed by atoms with Gasteiger partial charge in [0.1, 0.15) is 5.82 Å². The third-order valence-corrected chi connectivity index (χ3v) is 6.11. The molecule has 4 aromatic rings. The lowest BCUT2D eigenvalue weighted by Gasteiger charge is -2.15. The van der Waals surface area contributed by atoms with Gasteiger partial charge in [0, 0.05) is 5.69 Å². The van der Waals surface area contributed by atoms with Crippen LogP contribution in [0.2, 0.25) is 0 Å². The van der Waals surface area contributed by atoms with Crippen LogP contribution in [0.4, 0.5) is 10.1 Å². The number of aryl methyl sites for hydroxylation is 2. The average molecular weight is 448 g/mol. The van der Waals surface area contributed by atoms with Gasteiger partial charge in [-0.25, -0.2) is 9.37 Å². The molecule has 0 aliphatic rings. The fraction of sp³-hybridized carbons (Fsp3) is 0.160. The van der Waals surface area contributed by atoms with E-state index >= 15 is 0 Å². The molecule has 5 nitrogen and oxygen atoms in total. The molecule has 1 heterocycles. The normalized spacial score (nSPS) is 11.0. The Morgan fingerprint density at radius 3 is 2.56 bits per heavy atom. The summed E-state index contributed by atoms with van der Waals surface area (Å²) in [6.07, 6.45) is 0.806. The van der Waals surface area contributed by atoms with Crippen molar-refractivity contribution < 1.29 is 9.18 Å². The molecule has 4 rings (SSSR count). The van der Waals surface area contributed by atoms with Crippen LogP contribution in [0.15, 0.2) is 76.7 Å². The minimum atomic E-state index is -0.394. The Bertz CT molecular complexity index is 1350. The van der Waals surface area contributed by atoms with Gasteiger partial charge in [-0.15, -0.1) is 0 Å². The van der Waals surface area contributed by atoms with E-state index in [2.05, 4.69) is 10.3 Å². The number of thioether (sulfide) groups is 1. The highest BCUT2D eigenvalue weighted by Crippen LogP contribution is 2.24. The molecule has 7 heteroatoms. The number of carbonyl (C=O) groups excluding carboxylic acids is 1. The van der Waals surface area contributed by atoms with E-state index in [-0.39, 0.29) is 17.2 Å². The monoisotopic (exact) mass is 447 g/mol. The van der Waals surface area contributed by atoms with Crippen LogP contribution in [-0.2, 0) is 11.2 Å². The zero-order valence-corrected chi connectivity index (χ0v) is 18.6. The molecular formula is C25H22FN3O2S. The average Bonchev–Trinajstić information content (AvgIpc) is 2.80. The molecule has 1 N–H and O–H groups in total. The lowest BCUT2D eigenvalue weighted by Crippen LogP contribution is -2.23. The van der Waals surface area contributed by atoms with E-state index in [4.69, 9.17) is 0 Å². The zero-order chi connectivity index (χ0) is 22.7. The number of halogens is 1. The third kappa shape index (κ3) is 4.43. The molecule has 0 bridgehead atoms. The van der Waals surface area contributed by atoms with Crippen LogP contribution < -0.4 is 10.9 Å². The van der Waals surface area contributed by atoms with Crippen LogP contribution >= 0.6 is 11.8 Å². The summed E-state index contributed by atoms with van der Waals surface area (Å²) < 4.78 is 14.9. The first-order chi connectivity index (χ1) is 15.5. The predicted molar refractivity (Wildman–Crippen MR) is 127 cm³/mol. The van der Waals surface area contributed by atoms with Gasteiger partial charge in [-0.2, -0.15) is 0 Å². The van der Waals surface area contributed by atoms with Crippen molar-refractivity contribution in [2.24, 2.45) is 0 Å². The van der Waals surface area contributed by atoms with E-state index in [1.807, 2.05) is 38.1 Å². The van der Waals surface area contributed by atoms with Gasteiger partial charge < -0.3 is 5.32 Å². The van der Waals surface area contributed by atoms with E-state index in [9.17, 15) is 14.0 Å². The number of hydrogen-bond acceptors (Lipinski definition) is 4. The van der Waals surface area contributed by atoms with E-state index in [0.717, 1.165) is 23.2 Å². The van der Waals surface area contributed by atoms with Crippen molar-refractivity contribution in [3.8, 4) is 5.69 Å². The summed E-state index contributed by atoms with van der Waals surface area (Å²) >= 11 is 1.17. The van der Waals surface area contributed by atoms with Gasteiger partial charge in [-0.3, -0.25) is 14.2 Å². The van der Waals surface area contributed by atoms with Crippen molar-refractivity contribution in [2.75, 3.05) is 11.1 Å². The number of fused-ring (bicyclic) bond motifs is 1. The van der Waals surface area contributed by atoms with Crippen LogP contribution in [0.1, 0.15) is 18.1 Å². The highest BCUT2D eigenvalue weighted by Gasteiger charge is 2.16. The smallest absolute Gasteiger partial charge is 0.266 e. The Labute approximate surface area is 189 Å². The number of carbonyl (C=O) groups is 1. The minimum absolute atomic E-state index is 0.0729. The predicted octanol–water partition coefficient (Wildman–Crippen LogP) is 5.13. The van der Waals surface area contributed by atoms with Crippen LogP contribution in [0.3, 0.4) is 0 Å². The van der Waals surface area contributed by atoms with E-state index in [1.54, 1.807) is 18.2 Å². The molecular weight excluding hydrogens is 425 g/mol. The molecule has 0 saturated carbocycles. The summed E-state index contributed by atoms with van der Waals surface area (Å²) in [5.74, 6) is -0.509. The van der Waals surface area contributed by atoms with Crippen LogP contribution in [0.25, 0.3) is 16.6 Å². The van der Waals surface area contributed by atoms with Gasteiger partial charge in [0.15, 0.2) is 5.16 Å². The number of rotatable bonds is 6. The summed E-state index contributed by atoms with van der Waals surface area (Å²) in [5, 5.41) is 3.82. The molecule has 0 aliphatic heterocycles. The number of aromatic nitrogens is 2. The van der Waals surface area contributed by atoms with Gasteiger partial charge >= 0.3 is 0 Å². The fourth-order valence-corrected chi connectivity index (χ4v) is 4.35. The summed E-state index contributed by atoms with van der Waals surface area (Å²) in [7, 11) is 0. The Kier molecular flexibility index (Phi) is 6.37. The van der Waals surface area contributed by atoms with Gasteiger partial charge in [0.25, 0.3) is 5.56 Å². The highest BCUT2D eigenvalue weighted by atomic mass is 32.2. The summed E-state index contributed by atoms with van der Waals surface area (Å²) in [6, 6.07) is 18.6. The Hall–Kier alpha value is -3.45. The van der Waals surface area contributed by atoms with Gasteiger partial charge in [0.2, 0.25) is 5.91 Å². The quantitative estimate of drug-likeness (QED) is 0.329. The van der Waals surface area contributed by atoms with E-state index in [0.29, 0.717) is 21.7 Å². The van der Waals surface area contributed by atoms with Crippen molar-refractivity contribution in [1.82, 2.24) is 9.55 Å². The van der Waals surface area contributed by atoms with E-state index < -0.39 is 5.82 Å². The van der Waals surface area contributed by atoms with Crippen molar-refractivity contribution in [3.05, 3.63) is 94.0 Å². The van der Waals surface area contributed by atoms with Crippen molar-refractivity contribution in [3.63, 3.8) is 0 Å². The summed E-state index contributed by atoms with van der Waals surface area (Å²) in [6.45, 7) is 4.00. The first-order valence-corrected chi connectivity index (χ1v) is 11.3. The molecule has 0 fully saturated rings. The fourth-order valence-electron chi connectivity index (χ4n) is 3.53. The highest BCUT2D eigenvalue weighted by molar-refractivity contribution is 7.99. The van der Waals surface area contributed by atoms with Crippen molar-refractivity contribution in [1.29, 1.82) is 0 Å². The topological polar surface area (TPSA) is 64.0 Å². The first kappa shape index (κ1) is 21.8. The van der Waals surface area contributed by atoms with Crippen LogP contribution in [-0.4, -0.2) is 21.2 Å². The molecule has 0 unspecified atom stereocenters. The maximum absolute atomic E-state index is 13.5. The third-order valence-electron chi connectivity index (χ3n) is 5.17. The Balaban J connectivity index is 1.67. The molecule has 0 radical (unpaired) electrons. The molecule has 162 valence electrons. The largest absolute Gasteiger partial charge is 0.325 e. The van der Waals surface area contributed by atoms with Crippen molar-refractivity contribution in [2.45, 2.75) is 25.4 Å². The molecule has 0 atom stereocenters. The number of benzene rings is 3. The number of amides is 1. The Morgan fingerprint density at radius 1 is 1.06 bits per heavy atom.